The lowest BCUT2D eigenvalue weighted by Gasteiger charge is -2.63. The number of hydrogen-bond acceptors (Lipinski definition) is 15. The lowest BCUT2D eigenvalue weighted by molar-refractivity contribution is -0.175. The Kier molecular flexibility index (Phi) is 14.8. The maximum atomic E-state index is 14.3. The number of benzene rings is 2. The molecule has 2 aromatic rings. The van der Waals surface area contributed by atoms with Crippen molar-refractivity contribution in [1.29, 1.82) is 5.26 Å². The molecule has 9 aliphatic rings. The number of ether oxygens (including phenoxy) is 4. The van der Waals surface area contributed by atoms with Crippen LogP contribution < -0.4 is 41.6 Å². The highest BCUT2D eigenvalue weighted by Crippen LogP contribution is 2.56. The molecule has 1 amide bonds. The topological polar surface area (TPSA) is 169 Å². The number of nitriles is 1. The van der Waals surface area contributed by atoms with Crippen LogP contribution in [-0.4, -0.2) is 132 Å². The summed E-state index contributed by atoms with van der Waals surface area (Å²) >= 11 is 8.46. The minimum Gasteiger partial charge on any atom is -0.489 e. The standard InChI is InChI=1S/C56H81ClN10O5S/c1-33-34(2)73-50-46(33)47(62-44(26-45-59-22-24-69-45)48-65-64-35(3)67(48)50)36-15-18-40(19-16-36)71-42-27-55(70-31-42)21-12-23-66(32-55)56(39-13-10-8-9-11-14-39)60-29-38(30-61-56)49(68)63-51-53(4,5)52(54(51,6)7)72-41-20-17-37(28-58)43(57)25-41/h15-20,25,33-35,38-39,42,44-46,48,50-52,59-61,64-65H,8-14,21-24,26-27,29-32H2,1-7H3,(H,63,68)/t33?,34?,35?,38?,42-,44+,45?,46?,48?,50?,51?,52?,55-,56?/m1/s1. The van der Waals surface area contributed by atoms with Gasteiger partial charge in [0.2, 0.25) is 5.91 Å². The van der Waals surface area contributed by atoms with Crippen molar-refractivity contribution in [3.8, 4) is 17.6 Å². The summed E-state index contributed by atoms with van der Waals surface area (Å²) < 4.78 is 26.4. The molecule has 0 bridgehead atoms. The molecule has 398 valence electrons. The molecule has 15 nitrogen and oxygen atoms in total. The average Bonchev–Trinajstić information content (AvgIpc) is 4.12. The van der Waals surface area contributed by atoms with Crippen molar-refractivity contribution in [2.24, 2.45) is 39.5 Å². The molecule has 8 fully saturated rings. The quantitative estimate of drug-likeness (QED) is 0.128. The zero-order valence-electron chi connectivity index (χ0n) is 44.2. The van der Waals surface area contributed by atoms with E-state index < -0.39 is 5.79 Å². The lowest BCUT2D eigenvalue weighted by atomic mass is 9.49. The van der Waals surface area contributed by atoms with Crippen molar-refractivity contribution in [3.63, 3.8) is 0 Å². The second-order valence-electron chi connectivity index (χ2n) is 24.3. The number of likely N-dealkylation sites (tertiary alicyclic amines) is 1. The van der Waals surface area contributed by atoms with E-state index in [9.17, 15) is 10.1 Å². The van der Waals surface area contributed by atoms with Crippen LogP contribution in [0.15, 0.2) is 47.5 Å². The number of carbonyl (C=O) groups excluding carboxylic acids is 1. The van der Waals surface area contributed by atoms with Crippen LogP contribution in [0.25, 0.3) is 0 Å². The van der Waals surface area contributed by atoms with E-state index in [0.717, 1.165) is 70.5 Å². The highest BCUT2D eigenvalue weighted by molar-refractivity contribution is 8.00. The number of hydrazine groups is 1. The van der Waals surface area contributed by atoms with Crippen LogP contribution >= 0.6 is 23.4 Å². The minimum atomic E-state index is -0.421. The van der Waals surface area contributed by atoms with E-state index in [4.69, 9.17) is 35.5 Å². The molecule has 1 spiro atoms. The molecule has 0 radical (unpaired) electrons. The van der Waals surface area contributed by atoms with Gasteiger partial charge in [0.1, 0.15) is 41.8 Å². The summed E-state index contributed by atoms with van der Waals surface area (Å²) in [6.07, 6.45) is 11.1. The Bertz CT molecular complexity index is 2370. The van der Waals surface area contributed by atoms with Gasteiger partial charge in [0.25, 0.3) is 0 Å². The Morgan fingerprint density at radius 3 is 2.41 bits per heavy atom. The van der Waals surface area contributed by atoms with E-state index in [0.29, 0.717) is 64.4 Å². The Morgan fingerprint density at radius 1 is 0.973 bits per heavy atom. The summed E-state index contributed by atoms with van der Waals surface area (Å²) in [5.41, 5.74) is 8.99. The van der Waals surface area contributed by atoms with Crippen molar-refractivity contribution in [1.82, 2.24) is 41.9 Å². The van der Waals surface area contributed by atoms with Gasteiger partial charge in [-0.3, -0.25) is 35.5 Å². The van der Waals surface area contributed by atoms with Gasteiger partial charge in [0.05, 0.1) is 59.1 Å². The van der Waals surface area contributed by atoms with Crippen LogP contribution in [0.1, 0.15) is 124 Å². The molecule has 0 aromatic heterocycles. The number of nitrogens with zero attached hydrogens (tertiary/aromatic N) is 4. The summed E-state index contributed by atoms with van der Waals surface area (Å²) in [7, 11) is 0. The molecule has 7 unspecified atom stereocenters. The molecule has 7 heterocycles. The van der Waals surface area contributed by atoms with Gasteiger partial charge in [-0.15, -0.1) is 11.8 Å². The third-order valence-electron chi connectivity index (χ3n) is 18.9. The number of rotatable bonds is 11. The normalized spacial score (nSPS) is 39.6. The number of halogens is 1. The van der Waals surface area contributed by atoms with Crippen LogP contribution in [0.3, 0.4) is 0 Å². The average molecular weight is 1040 g/mol. The van der Waals surface area contributed by atoms with E-state index in [1.807, 2.05) is 0 Å². The fourth-order valence-corrected chi connectivity index (χ4v) is 17.3. The second kappa shape index (κ2) is 20.7. The van der Waals surface area contributed by atoms with E-state index >= 15 is 0 Å². The molecule has 11 rings (SSSR count). The Labute approximate surface area is 443 Å². The molecule has 2 aromatic carbocycles. The van der Waals surface area contributed by atoms with E-state index in [-0.39, 0.29) is 71.1 Å². The fourth-order valence-electron chi connectivity index (χ4n) is 15.2. The van der Waals surface area contributed by atoms with Gasteiger partial charge in [0.15, 0.2) is 0 Å². The zero-order chi connectivity index (χ0) is 50.9. The largest absolute Gasteiger partial charge is 0.489 e. The first kappa shape index (κ1) is 52.0. The first-order valence-corrected chi connectivity index (χ1v) is 29.1. The Balaban J connectivity index is 0.750. The van der Waals surface area contributed by atoms with Crippen molar-refractivity contribution in [2.45, 2.75) is 178 Å². The number of thioether (sulfide) groups is 1. The highest BCUT2D eigenvalue weighted by atomic mass is 35.5. The van der Waals surface area contributed by atoms with Gasteiger partial charge in [-0.25, -0.2) is 10.9 Å². The molecular formula is C56H81ClN10O5S. The lowest BCUT2D eigenvalue weighted by Crippen LogP contribution is -2.79. The fraction of sp³-hybridized carbons (Fsp3) is 0.732. The van der Waals surface area contributed by atoms with Crippen molar-refractivity contribution >= 4 is 35.0 Å². The zero-order valence-corrected chi connectivity index (χ0v) is 45.8. The molecule has 17 heteroatoms. The molecule has 6 saturated heterocycles. The number of nitrogens with one attached hydrogen (secondary N) is 6. The van der Waals surface area contributed by atoms with E-state index in [2.05, 4.69) is 132 Å². The minimum absolute atomic E-state index is 0.00269. The molecule has 2 saturated carbocycles. The SMILES string of the molecule is CC1SC2C(C(c3ccc(O[C@H]4CO[C@]5(CCCN(C6(C7CCCCCC7)NCC(C(=O)NC7C(C)(C)C(Oc8ccc(C#N)c(Cl)c8)C7(C)C)CN6)C5)C4)cc3)=N[C@@H](CC3NCCO3)C3NNC(C)N23)C1C. The van der Waals surface area contributed by atoms with Crippen LogP contribution in [-0.2, 0) is 14.3 Å². The summed E-state index contributed by atoms with van der Waals surface area (Å²) in [5, 5.41) is 25.7. The van der Waals surface area contributed by atoms with Crippen LogP contribution in [0.2, 0.25) is 5.02 Å². The summed E-state index contributed by atoms with van der Waals surface area (Å²) in [6, 6.07) is 16.0. The molecule has 73 heavy (non-hydrogen) atoms. The summed E-state index contributed by atoms with van der Waals surface area (Å²) in [6.45, 7) is 20.9. The monoisotopic (exact) mass is 1040 g/mol. The van der Waals surface area contributed by atoms with Gasteiger partial charge in [-0.05, 0) is 80.5 Å². The summed E-state index contributed by atoms with van der Waals surface area (Å²) in [4.78, 5) is 25.3. The maximum Gasteiger partial charge on any atom is 0.225 e. The molecular weight excluding hydrogens is 960 g/mol. The van der Waals surface area contributed by atoms with Gasteiger partial charge >= 0.3 is 0 Å². The maximum absolute atomic E-state index is 14.3. The number of amides is 1. The summed E-state index contributed by atoms with van der Waals surface area (Å²) in [5.74, 6) is 2.09. The number of carbonyl (C=O) groups is 1. The number of piperidine rings is 1. The Hall–Kier alpha value is -3.05. The molecule has 10 atom stereocenters. The predicted octanol–water partition coefficient (Wildman–Crippen LogP) is 6.95. The first-order chi connectivity index (χ1) is 35.1. The van der Waals surface area contributed by atoms with Crippen LogP contribution in [0.4, 0.5) is 0 Å². The smallest absolute Gasteiger partial charge is 0.225 e. The Morgan fingerprint density at radius 2 is 1.71 bits per heavy atom. The van der Waals surface area contributed by atoms with Gasteiger partial charge < -0.3 is 24.3 Å². The van der Waals surface area contributed by atoms with E-state index in [1.54, 1.807) is 18.2 Å². The van der Waals surface area contributed by atoms with Crippen LogP contribution in [0, 0.1) is 45.8 Å². The first-order valence-electron chi connectivity index (χ1n) is 27.8. The molecule has 7 aliphatic heterocycles. The van der Waals surface area contributed by atoms with Crippen molar-refractivity contribution in [2.75, 3.05) is 45.9 Å². The van der Waals surface area contributed by atoms with Crippen molar-refractivity contribution in [3.05, 3.63) is 58.6 Å². The van der Waals surface area contributed by atoms with Gasteiger partial charge in [-0.2, -0.15) is 5.26 Å². The number of hydrogen-bond donors (Lipinski definition) is 6. The number of fused-ring (bicyclic) bond motifs is 3. The number of aliphatic imine (C=N–C) groups is 1. The third-order valence-corrected chi connectivity index (χ3v) is 20.9. The van der Waals surface area contributed by atoms with Crippen LogP contribution in [0.5, 0.6) is 11.5 Å². The van der Waals surface area contributed by atoms with Crippen molar-refractivity contribution < 1.29 is 23.7 Å². The molecule has 6 N–H and O–H groups in total. The molecule has 2 aliphatic carbocycles. The second-order valence-corrected chi connectivity index (χ2v) is 26.2. The highest BCUT2D eigenvalue weighted by Gasteiger charge is 2.65. The van der Waals surface area contributed by atoms with E-state index in [1.165, 1.54) is 37.0 Å². The van der Waals surface area contributed by atoms with Gasteiger partial charge in [-0.1, -0.05) is 78.8 Å². The third kappa shape index (κ3) is 9.76. The predicted molar refractivity (Wildman–Crippen MR) is 286 cm³/mol. The van der Waals surface area contributed by atoms with Gasteiger partial charge in [0, 0.05) is 91.3 Å².